The van der Waals surface area contributed by atoms with Crippen LogP contribution in [0, 0.1) is 11.3 Å². The Balaban J connectivity index is 2.36. The number of likely N-dealkylation sites (N-methyl/N-ethyl adjacent to an activating group) is 1. The van der Waals surface area contributed by atoms with Gasteiger partial charge in [0.2, 0.25) is 11.8 Å². The number of hydrogen-bond donors (Lipinski definition) is 1. The Morgan fingerprint density at radius 2 is 2.16 bits per heavy atom. The fourth-order valence-corrected chi connectivity index (χ4v) is 2.33. The van der Waals surface area contributed by atoms with E-state index in [1.807, 2.05) is 19.9 Å². The maximum atomic E-state index is 12.1. The van der Waals surface area contributed by atoms with Crippen LogP contribution in [0.3, 0.4) is 0 Å². The molecule has 0 aromatic heterocycles. The van der Waals surface area contributed by atoms with Crippen molar-refractivity contribution >= 4 is 23.2 Å². The van der Waals surface area contributed by atoms with E-state index < -0.39 is 5.41 Å². The third-order valence-corrected chi connectivity index (χ3v) is 3.39. The van der Waals surface area contributed by atoms with E-state index in [-0.39, 0.29) is 18.2 Å². The number of anilines is 2. The van der Waals surface area contributed by atoms with Crippen LogP contribution in [-0.4, -0.2) is 18.9 Å². The van der Waals surface area contributed by atoms with Crippen molar-refractivity contribution < 1.29 is 9.59 Å². The Morgan fingerprint density at radius 1 is 1.47 bits per heavy atom. The van der Waals surface area contributed by atoms with Crippen molar-refractivity contribution in [2.45, 2.75) is 25.7 Å². The van der Waals surface area contributed by atoms with Crippen molar-refractivity contribution in [3.8, 4) is 6.07 Å². The smallest absolute Gasteiger partial charge is 0.238 e. The fourth-order valence-electron chi connectivity index (χ4n) is 2.33. The Morgan fingerprint density at radius 3 is 2.79 bits per heavy atom. The number of amides is 2. The van der Waals surface area contributed by atoms with Gasteiger partial charge in [0.15, 0.2) is 0 Å². The molecule has 1 heterocycles. The summed E-state index contributed by atoms with van der Waals surface area (Å²) in [5.41, 5.74) is 1.75. The number of nitriles is 1. The first kappa shape index (κ1) is 13.1. The van der Waals surface area contributed by atoms with Gasteiger partial charge >= 0.3 is 0 Å². The van der Waals surface area contributed by atoms with Crippen LogP contribution in [0.25, 0.3) is 0 Å². The number of hydrogen-bond acceptors (Lipinski definition) is 3. The highest BCUT2D eigenvalue weighted by Crippen LogP contribution is 2.41. The predicted octanol–water partition coefficient (Wildman–Crippen LogP) is 1.79. The van der Waals surface area contributed by atoms with E-state index in [2.05, 4.69) is 5.32 Å². The highest BCUT2D eigenvalue weighted by atomic mass is 16.2. The standard InChI is InChI=1S/C14H15N3O2/c1-14(2)10-8-9(16-12(18)6-7-15)4-5-11(10)17(3)13(14)19/h4-5,8H,6H2,1-3H3,(H,16,18). The molecule has 1 aromatic carbocycles. The second kappa shape index (κ2) is 4.39. The molecule has 1 aliphatic heterocycles. The molecular formula is C14H15N3O2. The van der Waals surface area contributed by atoms with Crippen molar-refractivity contribution in [3.63, 3.8) is 0 Å². The molecule has 0 saturated heterocycles. The zero-order valence-electron chi connectivity index (χ0n) is 11.2. The van der Waals surface area contributed by atoms with Crippen LogP contribution < -0.4 is 10.2 Å². The van der Waals surface area contributed by atoms with Crippen molar-refractivity contribution in [1.29, 1.82) is 5.26 Å². The zero-order chi connectivity index (χ0) is 14.2. The molecule has 1 aromatic rings. The molecule has 5 nitrogen and oxygen atoms in total. The molecule has 0 unspecified atom stereocenters. The maximum absolute atomic E-state index is 12.1. The molecule has 98 valence electrons. The molecule has 0 fully saturated rings. The molecule has 0 bridgehead atoms. The van der Waals surface area contributed by atoms with Gasteiger partial charge in [-0.15, -0.1) is 0 Å². The number of carbonyl (C=O) groups is 2. The number of rotatable bonds is 2. The summed E-state index contributed by atoms with van der Waals surface area (Å²) < 4.78 is 0. The molecule has 2 rings (SSSR count). The van der Waals surface area contributed by atoms with Crippen LogP contribution in [0.15, 0.2) is 18.2 Å². The van der Waals surface area contributed by atoms with E-state index in [0.717, 1.165) is 11.3 Å². The topological polar surface area (TPSA) is 73.2 Å². The minimum Gasteiger partial charge on any atom is -0.325 e. The van der Waals surface area contributed by atoms with Crippen LogP contribution in [0.5, 0.6) is 0 Å². The lowest BCUT2D eigenvalue weighted by atomic mass is 9.86. The molecule has 2 amide bonds. The fraction of sp³-hybridized carbons (Fsp3) is 0.357. The normalized spacial score (nSPS) is 15.9. The summed E-state index contributed by atoms with van der Waals surface area (Å²) in [4.78, 5) is 25.1. The van der Waals surface area contributed by atoms with Crippen molar-refractivity contribution in [1.82, 2.24) is 0 Å². The zero-order valence-corrected chi connectivity index (χ0v) is 11.2. The predicted molar refractivity (Wildman–Crippen MR) is 71.7 cm³/mol. The molecule has 0 aliphatic carbocycles. The highest BCUT2D eigenvalue weighted by Gasteiger charge is 2.42. The molecule has 0 spiro atoms. The lowest BCUT2D eigenvalue weighted by Gasteiger charge is -2.16. The molecule has 0 atom stereocenters. The molecule has 0 saturated carbocycles. The van der Waals surface area contributed by atoms with Gasteiger partial charge in [0, 0.05) is 18.4 Å². The SMILES string of the molecule is CN1C(=O)C(C)(C)c2cc(NC(=O)CC#N)ccc21. The van der Waals surface area contributed by atoms with Crippen LogP contribution in [0.1, 0.15) is 25.8 Å². The minimum absolute atomic E-state index is 0.0306. The van der Waals surface area contributed by atoms with Crippen LogP contribution in [0.4, 0.5) is 11.4 Å². The lowest BCUT2D eigenvalue weighted by Crippen LogP contribution is -2.33. The van der Waals surface area contributed by atoms with Gasteiger partial charge in [0.25, 0.3) is 0 Å². The van der Waals surface area contributed by atoms with Crippen LogP contribution in [0.2, 0.25) is 0 Å². The molecular weight excluding hydrogens is 242 g/mol. The maximum Gasteiger partial charge on any atom is 0.238 e. The number of nitrogens with zero attached hydrogens (tertiary/aromatic N) is 2. The van der Waals surface area contributed by atoms with Crippen molar-refractivity contribution in [2.75, 3.05) is 17.3 Å². The van der Waals surface area contributed by atoms with E-state index in [1.165, 1.54) is 0 Å². The quantitative estimate of drug-likeness (QED) is 0.877. The number of nitrogens with one attached hydrogen (secondary N) is 1. The second-order valence-corrected chi connectivity index (χ2v) is 5.10. The van der Waals surface area contributed by atoms with E-state index in [4.69, 9.17) is 5.26 Å². The lowest BCUT2D eigenvalue weighted by molar-refractivity contribution is -0.121. The Bertz CT molecular complexity index is 599. The van der Waals surface area contributed by atoms with Crippen molar-refractivity contribution in [3.05, 3.63) is 23.8 Å². The summed E-state index contributed by atoms with van der Waals surface area (Å²) in [6.07, 6.45) is -0.181. The first-order valence-corrected chi connectivity index (χ1v) is 5.97. The van der Waals surface area contributed by atoms with E-state index in [0.29, 0.717) is 5.69 Å². The summed E-state index contributed by atoms with van der Waals surface area (Å²) in [5.74, 6) is -0.319. The summed E-state index contributed by atoms with van der Waals surface area (Å²) in [5, 5.41) is 11.1. The average molecular weight is 257 g/mol. The van der Waals surface area contributed by atoms with Gasteiger partial charge < -0.3 is 10.2 Å². The third-order valence-electron chi connectivity index (χ3n) is 3.39. The first-order valence-electron chi connectivity index (χ1n) is 5.97. The minimum atomic E-state index is -0.597. The van der Waals surface area contributed by atoms with Crippen LogP contribution in [-0.2, 0) is 15.0 Å². The molecule has 0 radical (unpaired) electrons. The summed E-state index contributed by atoms with van der Waals surface area (Å²) in [6.45, 7) is 3.72. The van der Waals surface area contributed by atoms with Gasteiger partial charge in [0.1, 0.15) is 6.42 Å². The first-order chi connectivity index (χ1) is 8.87. The summed E-state index contributed by atoms with van der Waals surface area (Å²) in [6, 6.07) is 7.14. The summed E-state index contributed by atoms with van der Waals surface area (Å²) >= 11 is 0. The Kier molecular flexibility index (Phi) is 3.03. The van der Waals surface area contributed by atoms with Gasteiger partial charge in [-0.3, -0.25) is 9.59 Å². The molecule has 5 heteroatoms. The van der Waals surface area contributed by atoms with Crippen molar-refractivity contribution in [2.24, 2.45) is 0 Å². The third kappa shape index (κ3) is 2.06. The monoisotopic (exact) mass is 257 g/mol. The van der Waals surface area contributed by atoms with E-state index >= 15 is 0 Å². The number of carbonyl (C=O) groups excluding carboxylic acids is 2. The van der Waals surface area contributed by atoms with Gasteiger partial charge in [-0.05, 0) is 37.6 Å². The van der Waals surface area contributed by atoms with Gasteiger partial charge in [-0.1, -0.05) is 0 Å². The second-order valence-electron chi connectivity index (χ2n) is 5.10. The van der Waals surface area contributed by atoms with Gasteiger partial charge in [0.05, 0.1) is 11.5 Å². The van der Waals surface area contributed by atoms with E-state index in [1.54, 1.807) is 30.1 Å². The number of benzene rings is 1. The number of fused-ring (bicyclic) bond motifs is 1. The largest absolute Gasteiger partial charge is 0.325 e. The summed E-state index contributed by atoms with van der Waals surface area (Å²) in [7, 11) is 1.74. The molecule has 19 heavy (non-hydrogen) atoms. The average Bonchev–Trinajstić information content (AvgIpc) is 2.52. The van der Waals surface area contributed by atoms with Gasteiger partial charge in [-0.2, -0.15) is 5.26 Å². The Hall–Kier alpha value is -2.35. The highest BCUT2D eigenvalue weighted by molar-refractivity contribution is 6.07. The van der Waals surface area contributed by atoms with E-state index in [9.17, 15) is 9.59 Å². The molecule has 1 aliphatic rings. The van der Waals surface area contributed by atoms with Gasteiger partial charge in [-0.25, -0.2) is 0 Å². The van der Waals surface area contributed by atoms with Crippen LogP contribution >= 0.6 is 0 Å². The Labute approximate surface area is 111 Å². The molecule has 1 N–H and O–H groups in total.